The third-order valence-electron chi connectivity index (χ3n) is 7.78. The van der Waals surface area contributed by atoms with E-state index in [0.717, 1.165) is 51.4 Å². The van der Waals surface area contributed by atoms with E-state index in [4.69, 9.17) is 23.7 Å². The van der Waals surface area contributed by atoms with Crippen molar-refractivity contribution in [3.63, 3.8) is 0 Å². The third kappa shape index (κ3) is 18.3. The number of hydrogen-bond donors (Lipinski definition) is 2. The van der Waals surface area contributed by atoms with E-state index in [-0.39, 0.29) is 18.8 Å². The molecule has 1 saturated heterocycles. The van der Waals surface area contributed by atoms with Gasteiger partial charge in [0.2, 0.25) is 12.2 Å². The molecule has 0 aliphatic carbocycles. The van der Waals surface area contributed by atoms with Gasteiger partial charge >= 0.3 is 6.16 Å². The topological polar surface area (TPSA) is 130 Å². The summed E-state index contributed by atoms with van der Waals surface area (Å²) in [5.41, 5.74) is 0. The highest BCUT2D eigenvalue weighted by Gasteiger charge is 2.50. The summed E-state index contributed by atoms with van der Waals surface area (Å²) in [5.74, 6) is -0.643. The van der Waals surface area contributed by atoms with Gasteiger partial charge in [-0.1, -0.05) is 116 Å². The Morgan fingerprint density at radius 3 is 2.04 bits per heavy atom. The maximum absolute atomic E-state index is 13.1. The Morgan fingerprint density at radius 1 is 0.867 bits per heavy atom. The first-order chi connectivity index (χ1) is 21.9. The van der Waals surface area contributed by atoms with E-state index < -0.39 is 49.3 Å². The van der Waals surface area contributed by atoms with Gasteiger partial charge in [0.25, 0.3) is 0 Å². The molecule has 10 heteroatoms. The fourth-order valence-corrected chi connectivity index (χ4v) is 5.33. The molecule has 0 bridgehead atoms. The minimum absolute atomic E-state index is 0.0615. The summed E-state index contributed by atoms with van der Waals surface area (Å²) in [6.07, 6.45) is 15.9. The first-order valence-corrected chi connectivity index (χ1v) is 17.3. The van der Waals surface area contributed by atoms with Gasteiger partial charge in [-0.05, 0) is 19.8 Å². The molecule has 0 saturated carbocycles. The van der Waals surface area contributed by atoms with E-state index in [9.17, 15) is 19.5 Å². The first kappa shape index (κ1) is 40.6. The Balaban J connectivity index is 2.95. The van der Waals surface area contributed by atoms with Crippen molar-refractivity contribution in [2.75, 3.05) is 19.8 Å². The second kappa shape index (κ2) is 26.8. The highest BCUT2D eigenvalue weighted by atomic mass is 16.8. The number of unbranched alkanes of at least 4 members (excludes halogenated alkanes) is 13. The van der Waals surface area contributed by atoms with Gasteiger partial charge in [-0.15, -0.1) is 0 Å². The number of rotatable bonds is 27. The number of ketones is 1. The third-order valence-corrected chi connectivity index (χ3v) is 7.78. The van der Waals surface area contributed by atoms with Crippen LogP contribution in [-0.2, 0) is 33.3 Å². The van der Waals surface area contributed by atoms with Crippen molar-refractivity contribution < 1.29 is 43.2 Å². The van der Waals surface area contributed by atoms with Crippen LogP contribution in [0.5, 0.6) is 0 Å². The van der Waals surface area contributed by atoms with Gasteiger partial charge in [0.1, 0.15) is 30.6 Å². The maximum Gasteiger partial charge on any atom is 0.509 e. The number of amides is 1. The molecule has 5 atom stereocenters. The normalized spacial score (nSPS) is 21.4. The summed E-state index contributed by atoms with van der Waals surface area (Å²) in [5, 5.41) is 13.0. The van der Waals surface area contributed by atoms with Gasteiger partial charge in [-0.3, -0.25) is 9.59 Å². The van der Waals surface area contributed by atoms with Crippen molar-refractivity contribution >= 4 is 17.8 Å². The molecule has 0 aromatic rings. The summed E-state index contributed by atoms with van der Waals surface area (Å²) < 4.78 is 28.6. The van der Waals surface area contributed by atoms with Crippen molar-refractivity contribution in [2.24, 2.45) is 0 Å². The second-order valence-corrected chi connectivity index (χ2v) is 11.8. The molecule has 1 rings (SSSR count). The van der Waals surface area contributed by atoms with Crippen LogP contribution in [0, 0.1) is 0 Å². The smallest absolute Gasteiger partial charge is 0.471 e. The molecule has 0 aromatic heterocycles. The Kier molecular flexibility index (Phi) is 24.1. The molecular formula is C35H61NO9. The zero-order valence-electron chi connectivity index (χ0n) is 28.2. The van der Waals surface area contributed by atoms with Crippen LogP contribution < -0.4 is 5.32 Å². The van der Waals surface area contributed by atoms with Crippen LogP contribution in [0.25, 0.3) is 0 Å². The standard InChI is InChI=1S/C35H61NO9/c1-5-9-11-13-15-17-19-21-25-41-33-31(36-30(39)26-28(38)22-20-18-16-14-12-10-6-2)34(42-23-7-3)44-29(27-37)32(33)45-35(40)43-24-8-4/h7-8,23,29,31-34,37H,4-6,9-22,24-27H2,1-3H3,(H,36,39)/t29-,31-,32-,33-,34+/m1/s1. The molecule has 1 heterocycles. The van der Waals surface area contributed by atoms with Crippen molar-refractivity contribution in [3.8, 4) is 0 Å². The number of nitrogens with one attached hydrogen (secondary N) is 1. The van der Waals surface area contributed by atoms with Gasteiger partial charge < -0.3 is 34.1 Å². The summed E-state index contributed by atoms with van der Waals surface area (Å²) >= 11 is 0. The predicted octanol–water partition coefficient (Wildman–Crippen LogP) is 7.07. The number of ether oxygens (including phenoxy) is 5. The molecule has 0 aromatic carbocycles. The summed E-state index contributed by atoms with van der Waals surface area (Å²) in [7, 11) is 0. The molecule has 0 spiro atoms. The van der Waals surface area contributed by atoms with Crippen LogP contribution in [0.2, 0.25) is 0 Å². The Hall–Kier alpha value is -2.43. The molecule has 1 aliphatic rings. The Labute approximate surface area is 271 Å². The highest BCUT2D eigenvalue weighted by Crippen LogP contribution is 2.28. The monoisotopic (exact) mass is 639 g/mol. The number of carbonyl (C=O) groups is 3. The fourth-order valence-electron chi connectivity index (χ4n) is 5.33. The van der Waals surface area contributed by atoms with E-state index in [1.54, 1.807) is 13.0 Å². The lowest BCUT2D eigenvalue weighted by molar-refractivity contribution is -0.265. The van der Waals surface area contributed by atoms with Crippen molar-refractivity contribution in [1.82, 2.24) is 5.32 Å². The quantitative estimate of drug-likeness (QED) is 0.0319. The largest absolute Gasteiger partial charge is 0.509 e. The van der Waals surface area contributed by atoms with Crippen LogP contribution >= 0.6 is 0 Å². The van der Waals surface area contributed by atoms with Crippen LogP contribution in [0.15, 0.2) is 25.0 Å². The van der Waals surface area contributed by atoms with Gasteiger partial charge in [-0.25, -0.2) is 4.79 Å². The van der Waals surface area contributed by atoms with Crippen LogP contribution in [0.1, 0.15) is 130 Å². The number of aliphatic hydroxyl groups is 1. The molecular weight excluding hydrogens is 578 g/mol. The second-order valence-electron chi connectivity index (χ2n) is 11.8. The fraction of sp³-hybridized carbons (Fsp3) is 0.800. The van der Waals surface area contributed by atoms with E-state index in [1.165, 1.54) is 57.3 Å². The highest BCUT2D eigenvalue weighted by molar-refractivity contribution is 5.98. The molecule has 10 nitrogen and oxygen atoms in total. The molecule has 2 N–H and O–H groups in total. The zero-order chi connectivity index (χ0) is 33.1. The molecule has 0 unspecified atom stereocenters. The predicted molar refractivity (Wildman–Crippen MR) is 175 cm³/mol. The van der Waals surface area contributed by atoms with Crippen molar-refractivity contribution in [2.45, 2.75) is 161 Å². The lowest BCUT2D eigenvalue weighted by atomic mass is 9.95. The molecule has 1 amide bonds. The first-order valence-electron chi connectivity index (χ1n) is 17.3. The summed E-state index contributed by atoms with van der Waals surface area (Å²) in [4.78, 5) is 38.2. The lowest BCUT2D eigenvalue weighted by Crippen LogP contribution is -2.66. The average molecular weight is 640 g/mol. The van der Waals surface area contributed by atoms with Crippen LogP contribution in [0.3, 0.4) is 0 Å². The van der Waals surface area contributed by atoms with Gasteiger partial charge in [0, 0.05) is 13.0 Å². The van der Waals surface area contributed by atoms with Gasteiger partial charge in [0.05, 0.1) is 19.3 Å². The van der Waals surface area contributed by atoms with E-state index in [0.29, 0.717) is 13.0 Å². The molecule has 0 radical (unpaired) electrons. The average Bonchev–Trinajstić information content (AvgIpc) is 3.02. The maximum atomic E-state index is 13.1. The Bertz CT molecular complexity index is 834. The molecule has 45 heavy (non-hydrogen) atoms. The SMILES string of the molecule is C=CCOC(=O)O[C@H]1[C@H](OCCCCCCCCCC)[C@@H](NC(=O)CC(=O)CCCCCCCCC)[C@@H](OC=CC)O[C@@H]1CO. The van der Waals surface area contributed by atoms with Gasteiger partial charge in [0.15, 0.2) is 6.10 Å². The minimum Gasteiger partial charge on any atom is -0.471 e. The van der Waals surface area contributed by atoms with Crippen LogP contribution in [-0.4, -0.2) is 73.4 Å². The van der Waals surface area contributed by atoms with E-state index in [1.807, 2.05) is 0 Å². The van der Waals surface area contributed by atoms with Crippen molar-refractivity contribution in [1.29, 1.82) is 0 Å². The number of hydrogen-bond acceptors (Lipinski definition) is 9. The van der Waals surface area contributed by atoms with Crippen molar-refractivity contribution in [3.05, 3.63) is 25.0 Å². The van der Waals surface area contributed by atoms with Gasteiger partial charge in [-0.2, -0.15) is 0 Å². The number of aliphatic hydroxyl groups excluding tert-OH is 1. The lowest BCUT2D eigenvalue weighted by Gasteiger charge is -2.44. The van der Waals surface area contributed by atoms with E-state index in [2.05, 4.69) is 25.7 Å². The molecule has 260 valence electrons. The number of Topliss-reactive ketones (excluding diaryl/α,β-unsaturated/α-hetero) is 1. The molecule has 1 aliphatic heterocycles. The Morgan fingerprint density at radius 2 is 1.47 bits per heavy atom. The van der Waals surface area contributed by atoms with E-state index >= 15 is 0 Å². The minimum atomic E-state index is -1.11. The summed E-state index contributed by atoms with van der Waals surface area (Å²) in [6.45, 7) is 9.45. The number of carbonyl (C=O) groups excluding carboxylic acids is 3. The molecule has 1 fully saturated rings. The zero-order valence-corrected chi connectivity index (χ0v) is 28.2. The van der Waals surface area contributed by atoms with Crippen LogP contribution in [0.4, 0.5) is 4.79 Å². The number of allylic oxidation sites excluding steroid dienone is 1. The summed E-state index contributed by atoms with van der Waals surface area (Å²) in [6, 6.07) is -0.936.